The van der Waals surface area contributed by atoms with E-state index in [1.54, 1.807) is 17.7 Å². The second-order valence-electron chi connectivity index (χ2n) is 3.74. The minimum atomic E-state index is 0.410. The van der Waals surface area contributed by atoms with Crippen molar-refractivity contribution in [3.05, 3.63) is 34.5 Å². The monoisotopic (exact) mass is 236 g/mol. The van der Waals surface area contributed by atoms with Crippen LogP contribution in [0.1, 0.15) is 23.7 Å². The van der Waals surface area contributed by atoms with Gasteiger partial charge < -0.3 is 5.32 Å². The first-order valence-electron chi connectivity index (χ1n) is 5.37. The summed E-state index contributed by atoms with van der Waals surface area (Å²) in [5.74, 6) is 1.02. The average Bonchev–Trinajstić information content (AvgIpc) is 2.90. The maximum Gasteiger partial charge on any atom is 0.138 e. The van der Waals surface area contributed by atoms with Crippen molar-refractivity contribution in [2.45, 2.75) is 19.4 Å². The van der Waals surface area contributed by atoms with Crippen molar-refractivity contribution < 1.29 is 0 Å². The summed E-state index contributed by atoms with van der Waals surface area (Å²) in [5.41, 5.74) is 0. The van der Waals surface area contributed by atoms with E-state index in [0.29, 0.717) is 6.04 Å². The number of thiophene rings is 1. The first-order chi connectivity index (χ1) is 7.77. The molecule has 0 saturated carbocycles. The van der Waals surface area contributed by atoms with Crippen LogP contribution in [-0.2, 0) is 13.5 Å². The second-order valence-corrected chi connectivity index (χ2v) is 4.72. The summed E-state index contributed by atoms with van der Waals surface area (Å²) in [5, 5.41) is 9.63. The Bertz CT molecular complexity index is 421. The van der Waals surface area contributed by atoms with Crippen molar-refractivity contribution in [3.63, 3.8) is 0 Å². The van der Waals surface area contributed by atoms with Gasteiger partial charge in [-0.1, -0.05) is 6.07 Å². The van der Waals surface area contributed by atoms with E-state index in [2.05, 4.69) is 39.8 Å². The van der Waals surface area contributed by atoms with E-state index in [4.69, 9.17) is 0 Å². The molecule has 1 N–H and O–H groups in total. The number of nitrogens with zero attached hydrogens (tertiary/aromatic N) is 3. The normalized spacial score (nSPS) is 12.9. The van der Waals surface area contributed by atoms with E-state index in [0.717, 1.165) is 18.8 Å². The molecule has 5 heteroatoms. The highest BCUT2D eigenvalue weighted by Crippen LogP contribution is 2.17. The molecule has 2 aromatic rings. The standard InChI is InChI=1S/C11H16N4S/c1-9(10-4-3-7-16-10)12-6-5-11-13-8-14-15(11)2/h3-4,7-9,12H,5-6H2,1-2H3. The van der Waals surface area contributed by atoms with Crippen LogP contribution in [0.2, 0.25) is 0 Å². The molecule has 86 valence electrons. The smallest absolute Gasteiger partial charge is 0.138 e. The Morgan fingerprint density at radius 2 is 2.44 bits per heavy atom. The van der Waals surface area contributed by atoms with Gasteiger partial charge in [-0.05, 0) is 18.4 Å². The summed E-state index contributed by atoms with van der Waals surface area (Å²) in [7, 11) is 1.92. The number of rotatable bonds is 5. The van der Waals surface area contributed by atoms with Crippen LogP contribution in [0.15, 0.2) is 23.8 Å². The van der Waals surface area contributed by atoms with Gasteiger partial charge >= 0.3 is 0 Å². The summed E-state index contributed by atoms with van der Waals surface area (Å²) < 4.78 is 1.82. The molecule has 0 aliphatic carbocycles. The van der Waals surface area contributed by atoms with Crippen LogP contribution in [0.25, 0.3) is 0 Å². The van der Waals surface area contributed by atoms with Gasteiger partial charge in [-0.3, -0.25) is 4.68 Å². The van der Waals surface area contributed by atoms with Gasteiger partial charge in [0.15, 0.2) is 0 Å². The molecule has 2 rings (SSSR count). The van der Waals surface area contributed by atoms with Gasteiger partial charge in [0.1, 0.15) is 12.2 Å². The average molecular weight is 236 g/mol. The molecule has 0 radical (unpaired) electrons. The molecule has 2 heterocycles. The molecule has 0 aliphatic heterocycles. The first kappa shape index (κ1) is 11.3. The van der Waals surface area contributed by atoms with E-state index in [1.165, 1.54) is 4.88 Å². The molecule has 0 spiro atoms. The van der Waals surface area contributed by atoms with Crippen molar-refractivity contribution in [1.82, 2.24) is 20.1 Å². The van der Waals surface area contributed by atoms with Gasteiger partial charge in [0.25, 0.3) is 0 Å². The molecular formula is C11H16N4S. The lowest BCUT2D eigenvalue weighted by Gasteiger charge is -2.11. The van der Waals surface area contributed by atoms with Crippen LogP contribution in [0, 0.1) is 0 Å². The van der Waals surface area contributed by atoms with Gasteiger partial charge in [0.05, 0.1) is 0 Å². The minimum absolute atomic E-state index is 0.410. The van der Waals surface area contributed by atoms with Crippen molar-refractivity contribution in [2.75, 3.05) is 6.54 Å². The Hall–Kier alpha value is -1.20. The van der Waals surface area contributed by atoms with Crippen molar-refractivity contribution >= 4 is 11.3 Å². The number of nitrogens with one attached hydrogen (secondary N) is 1. The topological polar surface area (TPSA) is 42.7 Å². The fourth-order valence-corrected chi connectivity index (χ4v) is 2.34. The van der Waals surface area contributed by atoms with Crippen molar-refractivity contribution in [3.8, 4) is 0 Å². The maximum absolute atomic E-state index is 4.19. The van der Waals surface area contributed by atoms with E-state index in [1.807, 2.05) is 11.7 Å². The predicted molar refractivity (Wildman–Crippen MR) is 65.4 cm³/mol. The Morgan fingerprint density at radius 3 is 3.06 bits per heavy atom. The fourth-order valence-electron chi connectivity index (χ4n) is 1.59. The maximum atomic E-state index is 4.19. The molecule has 0 bridgehead atoms. The van der Waals surface area contributed by atoms with Crippen LogP contribution in [-0.4, -0.2) is 21.3 Å². The van der Waals surface area contributed by atoms with Crippen LogP contribution in [0.4, 0.5) is 0 Å². The van der Waals surface area contributed by atoms with Crippen LogP contribution in [0.3, 0.4) is 0 Å². The quantitative estimate of drug-likeness (QED) is 0.860. The third-order valence-electron chi connectivity index (χ3n) is 2.57. The van der Waals surface area contributed by atoms with Gasteiger partial charge in [-0.25, -0.2) is 4.98 Å². The zero-order chi connectivity index (χ0) is 11.4. The molecule has 0 fully saturated rings. The highest BCUT2D eigenvalue weighted by Gasteiger charge is 2.06. The predicted octanol–water partition coefficient (Wildman–Crippen LogP) is 1.77. The van der Waals surface area contributed by atoms with Gasteiger partial charge in [0.2, 0.25) is 0 Å². The number of hydrogen-bond acceptors (Lipinski definition) is 4. The molecule has 1 atom stereocenters. The van der Waals surface area contributed by atoms with E-state index in [-0.39, 0.29) is 0 Å². The highest BCUT2D eigenvalue weighted by molar-refractivity contribution is 7.10. The van der Waals surface area contributed by atoms with E-state index in [9.17, 15) is 0 Å². The molecule has 1 unspecified atom stereocenters. The molecular weight excluding hydrogens is 220 g/mol. The minimum Gasteiger partial charge on any atom is -0.309 e. The largest absolute Gasteiger partial charge is 0.309 e. The van der Waals surface area contributed by atoms with Crippen molar-refractivity contribution in [1.29, 1.82) is 0 Å². The summed E-state index contributed by atoms with van der Waals surface area (Å²) in [6.45, 7) is 3.11. The lowest BCUT2D eigenvalue weighted by atomic mass is 10.2. The zero-order valence-corrected chi connectivity index (χ0v) is 10.4. The number of aryl methyl sites for hydroxylation is 1. The summed E-state index contributed by atoms with van der Waals surface area (Å²) in [4.78, 5) is 5.56. The van der Waals surface area contributed by atoms with Crippen LogP contribution >= 0.6 is 11.3 Å². The lowest BCUT2D eigenvalue weighted by molar-refractivity contribution is 0.566. The molecule has 2 aromatic heterocycles. The van der Waals surface area contributed by atoms with E-state index >= 15 is 0 Å². The summed E-state index contributed by atoms with van der Waals surface area (Å²) >= 11 is 1.79. The fraction of sp³-hybridized carbons (Fsp3) is 0.455. The van der Waals surface area contributed by atoms with Gasteiger partial charge in [-0.15, -0.1) is 11.3 Å². The van der Waals surface area contributed by atoms with Crippen LogP contribution in [0.5, 0.6) is 0 Å². The number of hydrogen-bond donors (Lipinski definition) is 1. The Labute approximate surface area is 99.3 Å². The molecule has 4 nitrogen and oxygen atoms in total. The molecule has 0 amide bonds. The highest BCUT2D eigenvalue weighted by atomic mass is 32.1. The molecule has 0 saturated heterocycles. The molecule has 16 heavy (non-hydrogen) atoms. The van der Waals surface area contributed by atoms with E-state index < -0.39 is 0 Å². The zero-order valence-electron chi connectivity index (χ0n) is 9.55. The summed E-state index contributed by atoms with van der Waals surface area (Å²) in [6.07, 6.45) is 2.50. The Balaban J connectivity index is 1.78. The lowest BCUT2D eigenvalue weighted by Crippen LogP contribution is -2.21. The summed E-state index contributed by atoms with van der Waals surface area (Å²) in [6, 6.07) is 4.65. The molecule has 0 aliphatic rings. The van der Waals surface area contributed by atoms with Gasteiger partial charge in [-0.2, -0.15) is 5.10 Å². The first-order valence-corrected chi connectivity index (χ1v) is 6.25. The van der Waals surface area contributed by atoms with Crippen LogP contribution < -0.4 is 5.32 Å². The van der Waals surface area contributed by atoms with Gasteiger partial charge in [0, 0.05) is 30.9 Å². The third-order valence-corrected chi connectivity index (χ3v) is 3.63. The third kappa shape index (κ3) is 2.68. The Morgan fingerprint density at radius 1 is 1.56 bits per heavy atom. The molecule has 0 aromatic carbocycles. The SMILES string of the molecule is CC(NCCc1ncnn1C)c1cccs1. The number of aromatic nitrogens is 3. The second kappa shape index (κ2) is 5.23. The Kier molecular flexibility index (Phi) is 3.69. The van der Waals surface area contributed by atoms with Crippen molar-refractivity contribution in [2.24, 2.45) is 7.05 Å².